The molecule has 0 saturated heterocycles. The molecule has 7 heteroatoms. The third-order valence-electron chi connectivity index (χ3n) is 6.33. The molecule has 1 unspecified atom stereocenters. The average molecular weight is 467 g/mol. The topological polar surface area (TPSA) is 95.9 Å². The highest BCUT2D eigenvalue weighted by atomic mass is 16.5. The van der Waals surface area contributed by atoms with Crippen LogP contribution >= 0.6 is 0 Å². The molecule has 0 aromatic heterocycles. The number of nitrogens with zero attached hydrogens (tertiary/aromatic N) is 1. The molecule has 0 spiro atoms. The molecule has 34 heavy (non-hydrogen) atoms. The van der Waals surface area contributed by atoms with Crippen molar-refractivity contribution in [1.29, 1.82) is 0 Å². The van der Waals surface area contributed by atoms with Gasteiger partial charge in [-0.25, -0.2) is 4.79 Å². The van der Waals surface area contributed by atoms with Crippen molar-refractivity contribution in [2.24, 2.45) is 5.92 Å². The minimum absolute atomic E-state index is 0.0372. The summed E-state index contributed by atoms with van der Waals surface area (Å²) in [6.07, 6.45) is 3.32. The van der Waals surface area contributed by atoms with Gasteiger partial charge in [0.1, 0.15) is 6.61 Å². The fraction of sp³-hybridized carbons (Fsp3) is 0.444. The van der Waals surface area contributed by atoms with E-state index in [9.17, 15) is 14.4 Å². The fourth-order valence-electron chi connectivity index (χ4n) is 4.38. The van der Waals surface area contributed by atoms with E-state index in [1.807, 2.05) is 24.3 Å². The Balaban J connectivity index is 1.30. The van der Waals surface area contributed by atoms with Crippen molar-refractivity contribution in [3.05, 3.63) is 59.7 Å². The fourth-order valence-corrected chi connectivity index (χ4v) is 4.38. The second kappa shape index (κ2) is 12.2. The Hall–Kier alpha value is -3.35. The number of amides is 2. The number of hydrogen-bond acceptors (Lipinski definition) is 4. The average Bonchev–Trinajstić information content (AvgIpc) is 3.15. The number of ether oxygens (including phenoxy) is 1. The van der Waals surface area contributed by atoms with Gasteiger partial charge in [0.2, 0.25) is 5.91 Å². The van der Waals surface area contributed by atoms with Crippen LogP contribution in [0.25, 0.3) is 11.1 Å². The molecule has 1 aliphatic rings. The zero-order chi connectivity index (χ0) is 24.5. The molecule has 0 saturated carbocycles. The first-order valence-electron chi connectivity index (χ1n) is 11.9. The Morgan fingerprint density at radius 1 is 0.971 bits per heavy atom. The Morgan fingerprint density at radius 3 is 2.18 bits per heavy atom. The van der Waals surface area contributed by atoms with Crippen LogP contribution in [0.2, 0.25) is 0 Å². The molecule has 2 aromatic rings. The standard InChI is InChI=1S/C27H34N2O5/c1-19(26(31)32)17-29(2)25(30)15-5-3-4-10-16-28-27(33)34-18-24-22-13-8-6-11-20(22)21-12-7-9-14-23(21)24/h6-9,11-14,19,24H,3-5,10,15-18H2,1-2H3,(H,28,33)(H,31,32). The van der Waals surface area contributed by atoms with Crippen LogP contribution in [-0.2, 0) is 14.3 Å². The van der Waals surface area contributed by atoms with E-state index in [2.05, 4.69) is 29.6 Å². The third-order valence-corrected chi connectivity index (χ3v) is 6.33. The van der Waals surface area contributed by atoms with E-state index in [1.54, 1.807) is 14.0 Å². The van der Waals surface area contributed by atoms with Crippen LogP contribution in [0.5, 0.6) is 0 Å². The zero-order valence-electron chi connectivity index (χ0n) is 20.0. The van der Waals surface area contributed by atoms with Crippen LogP contribution in [0.15, 0.2) is 48.5 Å². The van der Waals surface area contributed by atoms with E-state index in [0.717, 1.165) is 25.7 Å². The van der Waals surface area contributed by atoms with E-state index in [4.69, 9.17) is 9.84 Å². The quantitative estimate of drug-likeness (QED) is 0.444. The van der Waals surface area contributed by atoms with Crippen molar-refractivity contribution < 1.29 is 24.2 Å². The normalized spacial score (nSPS) is 13.0. The van der Waals surface area contributed by atoms with Crippen LogP contribution in [0.3, 0.4) is 0 Å². The van der Waals surface area contributed by atoms with Crippen molar-refractivity contribution in [3.63, 3.8) is 0 Å². The van der Waals surface area contributed by atoms with Crippen LogP contribution in [-0.4, -0.2) is 54.7 Å². The first kappa shape index (κ1) is 25.3. The van der Waals surface area contributed by atoms with Crippen LogP contribution < -0.4 is 5.32 Å². The molecule has 2 N–H and O–H groups in total. The Morgan fingerprint density at radius 2 is 1.56 bits per heavy atom. The summed E-state index contributed by atoms with van der Waals surface area (Å²) in [7, 11) is 1.64. The minimum atomic E-state index is -0.899. The number of hydrogen-bond donors (Lipinski definition) is 2. The van der Waals surface area contributed by atoms with E-state index in [-0.39, 0.29) is 18.4 Å². The van der Waals surface area contributed by atoms with Gasteiger partial charge in [-0.3, -0.25) is 9.59 Å². The molecule has 2 aromatic carbocycles. The van der Waals surface area contributed by atoms with Gasteiger partial charge in [0, 0.05) is 32.5 Å². The lowest BCUT2D eigenvalue weighted by Gasteiger charge is -2.19. The molecule has 0 bridgehead atoms. The number of nitrogens with one attached hydrogen (secondary N) is 1. The van der Waals surface area contributed by atoms with Gasteiger partial charge in [-0.2, -0.15) is 0 Å². The molecule has 1 aliphatic carbocycles. The number of carbonyl (C=O) groups excluding carboxylic acids is 2. The van der Waals surface area contributed by atoms with Crippen LogP contribution in [0, 0.1) is 5.92 Å². The van der Waals surface area contributed by atoms with Gasteiger partial charge in [-0.05, 0) is 35.1 Å². The predicted octanol–water partition coefficient (Wildman–Crippen LogP) is 4.65. The monoisotopic (exact) mass is 466 g/mol. The van der Waals surface area contributed by atoms with Crippen molar-refractivity contribution in [1.82, 2.24) is 10.2 Å². The number of unbranched alkanes of at least 4 members (excludes halogenated alkanes) is 3. The summed E-state index contributed by atoms with van der Waals surface area (Å²) in [6.45, 7) is 2.64. The molecule has 0 heterocycles. The number of fused-ring (bicyclic) bond motifs is 3. The summed E-state index contributed by atoms with van der Waals surface area (Å²) in [5, 5.41) is 11.8. The molecule has 182 valence electrons. The Bertz CT molecular complexity index is 961. The Kier molecular flexibility index (Phi) is 9.08. The van der Waals surface area contributed by atoms with Crippen molar-refractivity contribution in [2.75, 3.05) is 26.7 Å². The van der Waals surface area contributed by atoms with E-state index < -0.39 is 18.0 Å². The summed E-state index contributed by atoms with van der Waals surface area (Å²) < 4.78 is 5.53. The van der Waals surface area contributed by atoms with Crippen LogP contribution in [0.4, 0.5) is 4.79 Å². The van der Waals surface area contributed by atoms with Crippen molar-refractivity contribution in [3.8, 4) is 11.1 Å². The first-order valence-corrected chi connectivity index (χ1v) is 11.9. The highest BCUT2D eigenvalue weighted by molar-refractivity contribution is 5.79. The number of aliphatic carboxylic acids is 1. The second-order valence-corrected chi connectivity index (χ2v) is 8.93. The third kappa shape index (κ3) is 6.59. The van der Waals surface area contributed by atoms with E-state index in [1.165, 1.54) is 27.2 Å². The minimum Gasteiger partial charge on any atom is -0.481 e. The second-order valence-electron chi connectivity index (χ2n) is 8.93. The Labute approximate surface area is 201 Å². The highest BCUT2D eigenvalue weighted by Gasteiger charge is 2.28. The van der Waals surface area contributed by atoms with E-state index in [0.29, 0.717) is 19.6 Å². The molecule has 3 rings (SSSR count). The van der Waals surface area contributed by atoms with Gasteiger partial charge < -0.3 is 20.1 Å². The lowest BCUT2D eigenvalue weighted by atomic mass is 9.98. The number of carbonyl (C=O) groups is 3. The molecule has 1 atom stereocenters. The molecule has 2 amide bonds. The maximum Gasteiger partial charge on any atom is 0.407 e. The van der Waals surface area contributed by atoms with Gasteiger partial charge >= 0.3 is 12.1 Å². The number of rotatable bonds is 12. The largest absolute Gasteiger partial charge is 0.481 e. The summed E-state index contributed by atoms with van der Waals surface area (Å²) >= 11 is 0. The number of alkyl carbamates (subject to hydrolysis) is 1. The first-order chi connectivity index (χ1) is 16.4. The number of carboxylic acids is 1. The summed E-state index contributed by atoms with van der Waals surface area (Å²) in [5.74, 6) is -1.46. The molecule has 0 radical (unpaired) electrons. The van der Waals surface area contributed by atoms with Crippen LogP contribution in [0.1, 0.15) is 56.1 Å². The maximum atomic E-state index is 12.2. The molecule has 7 nitrogen and oxygen atoms in total. The molecular weight excluding hydrogens is 432 g/mol. The number of carboxylic acid groups (broad SMARTS) is 1. The van der Waals surface area contributed by atoms with Gasteiger partial charge in [-0.1, -0.05) is 68.3 Å². The van der Waals surface area contributed by atoms with Gasteiger partial charge in [0.15, 0.2) is 0 Å². The summed E-state index contributed by atoms with van der Waals surface area (Å²) in [6, 6.07) is 16.5. The smallest absolute Gasteiger partial charge is 0.407 e. The summed E-state index contributed by atoms with van der Waals surface area (Å²) in [5.41, 5.74) is 4.78. The maximum absolute atomic E-state index is 12.2. The van der Waals surface area contributed by atoms with Gasteiger partial charge in [0.05, 0.1) is 5.92 Å². The van der Waals surface area contributed by atoms with E-state index >= 15 is 0 Å². The lowest BCUT2D eigenvalue weighted by molar-refractivity contribution is -0.142. The van der Waals surface area contributed by atoms with Crippen molar-refractivity contribution in [2.45, 2.75) is 44.9 Å². The number of benzene rings is 2. The molecule has 0 fully saturated rings. The SMILES string of the molecule is CC(CN(C)C(=O)CCCCCCNC(=O)OCC1c2ccccc2-c2ccccc21)C(=O)O. The highest BCUT2D eigenvalue weighted by Crippen LogP contribution is 2.44. The zero-order valence-corrected chi connectivity index (χ0v) is 20.0. The van der Waals surface area contributed by atoms with Crippen molar-refractivity contribution >= 4 is 18.0 Å². The molecular formula is C27H34N2O5. The van der Waals surface area contributed by atoms with Gasteiger partial charge in [0.25, 0.3) is 0 Å². The lowest BCUT2D eigenvalue weighted by Crippen LogP contribution is -2.33. The predicted molar refractivity (Wildman–Crippen MR) is 131 cm³/mol. The summed E-state index contributed by atoms with van der Waals surface area (Å²) in [4.78, 5) is 36.6. The molecule has 0 aliphatic heterocycles. The van der Waals surface area contributed by atoms with Gasteiger partial charge in [-0.15, -0.1) is 0 Å².